The van der Waals surface area contributed by atoms with Gasteiger partial charge >= 0.3 is 0 Å². The van der Waals surface area contributed by atoms with E-state index in [0.717, 1.165) is 27.7 Å². The van der Waals surface area contributed by atoms with Gasteiger partial charge in [-0.3, -0.25) is 9.78 Å². The van der Waals surface area contributed by atoms with Gasteiger partial charge in [-0.15, -0.1) is 0 Å². The van der Waals surface area contributed by atoms with Crippen molar-refractivity contribution in [2.45, 2.75) is 12.0 Å². The molecule has 2 aromatic carbocycles. The average Bonchev–Trinajstić information content (AvgIpc) is 3.18. The highest BCUT2D eigenvalue weighted by molar-refractivity contribution is 5.93. The van der Waals surface area contributed by atoms with Crippen molar-refractivity contribution in [3.05, 3.63) is 96.4 Å². The van der Waals surface area contributed by atoms with Gasteiger partial charge in [0.15, 0.2) is 0 Å². The Kier molecular flexibility index (Phi) is 4.34. The second-order valence-electron chi connectivity index (χ2n) is 6.53. The SMILES string of the molecule is NC(=O)CC(Nc1cccc2[nH]ccc12)(c1ccccc1)c1cccnc1. The minimum Gasteiger partial charge on any atom is -0.371 e. The van der Waals surface area contributed by atoms with Crippen LogP contribution in [0.25, 0.3) is 10.9 Å². The van der Waals surface area contributed by atoms with E-state index in [2.05, 4.69) is 15.3 Å². The minimum atomic E-state index is -0.826. The maximum Gasteiger partial charge on any atom is 0.220 e. The highest BCUT2D eigenvalue weighted by Gasteiger charge is 2.36. The van der Waals surface area contributed by atoms with Crippen molar-refractivity contribution >= 4 is 22.5 Å². The standard InChI is InChI=1S/C22H20N4O/c23-21(27)14-22(16-6-2-1-3-7-16,17-8-5-12-24-15-17)26-20-10-4-9-19-18(20)11-13-25-19/h1-13,15,25-26H,14H2,(H2,23,27). The number of nitrogens with one attached hydrogen (secondary N) is 2. The van der Waals surface area contributed by atoms with E-state index in [1.807, 2.05) is 72.9 Å². The molecule has 0 radical (unpaired) electrons. The molecule has 4 N–H and O–H groups in total. The molecule has 0 fully saturated rings. The Morgan fingerprint density at radius 1 is 1.00 bits per heavy atom. The summed E-state index contributed by atoms with van der Waals surface area (Å²) in [5.41, 5.74) is 8.63. The summed E-state index contributed by atoms with van der Waals surface area (Å²) in [5.74, 6) is -0.392. The van der Waals surface area contributed by atoms with E-state index in [4.69, 9.17) is 5.73 Å². The Balaban J connectivity index is 1.94. The van der Waals surface area contributed by atoms with Crippen molar-refractivity contribution in [3.8, 4) is 0 Å². The molecular formula is C22H20N4O. The van der Waals surface area contributed by atoms with E-state index in [9.17, 15) is 4.79 Å². The monoisotopic (exact) mass is 356 g/mol. The first-order valence-electron chi connectivity index (χ1n) is 8.78. The second-order valence-corrected chi connectivity index (χ2v) is 6.53. The number of carbonyl (C=O) groups excluding carboxylic acids is 1. The molecule has 0 aliphatic heterocycles. The maximum atomic E-state index is 12.1. The molecule has 1 unspecified atom stereocenters. The Labute approximate surface area is 157 Å². The van der Waals surface area contributed by atoms with Gasteiger partial charge in [-0.1, -0.05) is 42.5 Å². The average molecular weight is 356 g/mol. The van der Waals surface area contributed by atoms with E-state index < -0.39 is 11.4 Å². The molecule has 4 rings (SSSR count). The number of fused-ring (bicyclic) bond motifs is 1. The van der Waals surface area contributed by atoms with Crippen molar-refractivity contribution in [2.75, 3.05) is 5.32 Å². The lowest BCUT2D eigenvalue weighted by molar-refractivity contribution is -0.118. The molecule has 0 aliphatic carbocycles. The molecule has 2 heterocycles. The molecule has 5 heteroatoms. The number of pyridine rings is 1. The zero-order valence-corrected chi connectivity index (χ0v) is 14.7. The molecule has 0 spiro atoms. The molecule has 5 nitrogen and oxygen atoms in total. The van der Waals surface area contributed by atoms with Gasteiger partial charge in [-0.05, 0) is 29.8 Å². The first-order valence-corrected chi connectivity index (χ1v) is 8.78. The van der Waals surface area contributed by atoms with E-state index in [0.29, 0.717) is 0 Å². The smallest absolute Gasteiger partial charge is 0.220 e. The van der Waals surface area contributed by atoms with Gasteiger partial charge in [0.2, 0.25) is 5.91 Å². The number of hydrogen-bond donors (Lipinski definition) is 3. The van der Waals surface area contributed by atoms with Crippen molar-refractivity contribution in [3.63, 3.8) is 0 Å². The molecule has 134 valence electrons. The number of aromatic nitrogens is 2. The topological polar surface area (TPSA) is 83.8 Å². The third kappa shape index (κ3) is 3.15. The summed E-state index contributed by atoms with van der Waals surface area (Å²) < 4.78 is 0. The Morgan fingerprint density at radius 3 is 2.56 bits per heavy atom. The summed E-state index contributed by atoms with van der Waals surface area (Å²) in [4.78, 5) is 19.6. The van der Waals surface area contributed by atoms with Crippen molar-refractivity contribution in [1.82, 2.24) is 9.97 Å². The van der Waals surface area contributed by atoms with Crippen LogP contribution in [-0.4, -0.2) is 15.9 Å². The number of amides is 1. The number of primary amides is 1. The predicted molar refractivity (Wildman–Crippen MR) is 107 cm³/mol. The summed E-state index contributed by atoms with van der Waals surface area (Å²) in [6.45, 7) is 0. The number of H-pyrrole nitrogens is 1. The molecule has 0 saturated heterocycles. The number of carbonyl (C=O) groups is 1. The fraction of sp³-hybridized carbons (Fsp3) is 0.0909. The Morgan fingerprint density at radius 2 is 1.81 bits per heavy atom. The van der Waals surface area contributed by atoms with Gasteiger partial charge < -0.3 is 16.0 Å². The predicted octanol–water partition coefficient (Wildman–Crippen LogP) is 3.79. The molecule has 0 aliphatic rings. The van der Waals surface area contributed by atoms with Crippen molar-refractivity contribution in [2.24, 2.45) is 5.73 Å². The first-order chi connectivity index (χ1) is 13.2. The number of hydrogen-bond acceptors (Lipinski definition) is 3. The zero-order chi connectivity index (χ0) is 18.7. The van der Waals surface area contributed by atoms with Crippen LogP contribution in [0.2, 0.25) is 0 Å². The quantitative estimate of drug-likeness (QED) is 0.491. The second kappa shape index (κ2) is 6.96. The fourth-order valence-electron chi connectivity index (χ4n) is 3.58. The lowest BCUT2D eigenvalue weighted by Gasteiger charge is -2.36. The number of nitrogens with two attached hydrogens (primary N) is 1. The van der Waals surface area contributed by atoms with E-state index in [1.165, 1.54) is 0 Å². The lowest BCUT2D eigenvalue weighted by atomic mass is 9.80. The largest absolute Gasteiger partial charge is 0.371 e. The van der Waals surface area contributed by atoms with Crippen LogP contribution in [0.4, 0.5) is 5.69 Å². The lowest BCUT2D eigenvalue weighted by Crippen LogP contribution is -2.40. The normalized spacial score (nSPS) is 13.2. The van der Waals surface area contributed by atoms with Crippen LogP contribution in [-0.2, 0) is 10.3 Å². The molecule has 4 aromatic rings. The third-order valence-electron chi connectivity index (χ3n) is 4.80. The number of rotatable bonds is 6. The molecule has 1 amide bonds. The zero-order valence-electron chi connectivity index (χ0n) is 14.7. The van der Waals surface area contributed by atoms with Gasteiger partial charge in [0, 0.05) is 40.7 Å². The van der Waals surface area contributed by atoms with Gasteiger partial charge in [0.25, 0.3) is 0 Å². The molecular weight excluding hydrogens is 336 g/mol. The number of benzene rings is 2. The highest BCUT2D eigenvalue weighted by atomic mass is 16.1. The van der Waals surface area contributed by atoms with Gasteiger partial charge in [0.05, 0.1) is 12.0 Å². The Bertz CT molecular complexity index is 1020. The molecule has 0 saturated carbocycles. The van der Waals surface area contributed by atoms with E-state index in [1.54, 1.807) is 12.4 Å². The highest BCUT2D eigenvalue weighted by Crippen LogP contribution is 2.38. The molecule has 0 bridgehead atoms. The summed E-state index contributed by atoms with van der Waals surface area (Å²) in [5, 5.41) is 4.67. The van der Waals surface area contributed by atoms with Crippen molar-refractivity contribution < 1.29 is 4.79 Å². The summed E-state index contributed by atoms with van der Waals surface area (Å²) in [6, 6.07) is 21.7. The number of aromatic amines is 1. The summed E-state index contributed by atoms with van der Waals surface area (Å²) >= 11 is 0. The molecule has 1 atom stereocenters. The van der Waals surface area contributed by atoms with Gasteiger partial charge in [-0.25, -0.2) is 0 Å². The minimum absolute atomic E-state index is 0.101. The van der Waals surface area contributed by atoms with E-state index >= 15 is 0 Å². The van der Waals surface area contributed by atoms with Crippen LogP contribution in [0.5, 0.6) is 0 Å². The van der Waals surface area contributed by atoms with Crippen LogP contribution < -0.4 is 11.1 Å². The van der Waals surface area contributed by atoms with Gasteiger partial charge in [0.1, 0.15) is 0 Å². The third-order valence-corrected chi connectivity index (χ3v) is 4.80. The number of nitrogens with zero attached hydrogens (tertiary/aromatic N) is 1. The summed E-state index contributed by atoms with van der Waals surface area (Å²) in [7, 11) is 0. The first kappa shape index (κ1) is 16.8. The van der Waals surface area contributed by atoms with Crippen LogP contribution in [0, 0.1) is 0 Å². The number of anilines is 1. The van der Waals surface area contributed by atoms with Crippen LogP contribution in [0.3, 0.4) is 0 Å². The van der Waals surface area contributed by atoms with Crippen LogP contribution in [0.15, 0.2) is 85.3 Å². The van der Waals surface area contributed by atoms with Crippen LogP contribution >= 0.6 is 0 Å². The maximum absolute atomic E-state index is 12.1. The fourth-order valence-corrected chi connectivity index (χ4v) is 3.58. The Hall–Kier alpha value is -3.60. The molecule has 27 heavy (non-hydrogen) atoms. The van der Waals surface area contributed by atoms with Crippen molar-refractivity contribution in [1.29, 1.82) is 0 Å². The van der Waals surface area contributed by atoms with Gasteiger partial charge in [-0.2, -0.15) is 0 Å². The molecule has 2 aromatic heterocycles. The van der Waals surface area contributed by atoms with E-state index in [-0.39, 0.29) is 6.42 Å². The summed E-state index contributed by atoms with van der Waals surface area (Å²) in [6.07, 6.45) is 5.50. The van der Waals surface area contributed by atoms with Crippen LogP contribution in [0.1, 0.15) is 17.5 Å².